The molecule has 3 N–H and O–H groups in total. The molecular weight excluding hydrogens is 216 g/mol. The third kappa shape index (κ3) is 3.62. The van der Waals surface area contributed by atoms with Crippen LogP contribution in [0.1, 0.15) is 25.8 Å². The van der Waals surface area contributed by atoms with Gasteiger partial charge >= 0.3 is 0 Å². The van der Waals surface area contributed by atoms with Crippen molar-refractivity contribution in [1.29, 1.82) is 0 Å². The van der Waals surface area contributed by atoms with Crippen molar-refractivity contribution >= 4 is 11.7 Å². The minimum Gasteiger partial charge on any atom is -0.409 e. The molecule has 0 aliphatic rings. The molecule has 0 fully saturated rings. The minimum atomic E-state index is 0.0774. The smallest absolute Gasteiger partial charge is 0.171 e. The van der Waals surface area contributed by atoms with Crippen molar-refractivity contribution in [2.24, 2.45) is 16.8 Å². The molecule has 0 saturated carbocycles. The molecule has 17 heavy (non-hydrogen) atoms. The normalized spacial score (nSPS) is 13.5. The molecule has 1 heterocycles. The number of hydrogen-bond acceptors (Lipinski definition) is 4. The lowest BCUT2D eigenvalue weighted by atomic mass is 10.1. The molecule has 1 unspecified atom stereocenters. The molecule has 0 aliphatic carbocycles. The van der Waals surface area contributed by atoms with Gasteiger partial charge in [0.1, 0.15) is 5.82 Å². The van der Waals surface area contributed by atoms with E-state index in [1.807, 2.05) is 13.1 Å². The van der Waals surface area contributed by atoms with E-state index < -0.39 is 0 Å². The molecule has 1 aromatic rings. The van der Waals surface area contributed by atoms with Gasteiger partial charge in [0.05, 0.1) is 0 Å². The zero-order chi connectivity index (χ0) is 12.8. The van der Waals surface area contributed by atoms with Crippen LogP contribution in [0.25, 0.3) is 0 Å². The fraction of sp³-hybridized carbons (Fsp3) is 0.500. The highest BCUT2D eigenvalue weighted by Crippen LogP contribution is 2.12. The molecule has 5 nitrogen and oxygen atoms in total. The maximum atomic E-state index is 8.54. The van der Waals surface area contributed by atoms with E-state index in [4.69, 9.17) is 10.9 Å². The Morgan fingerprint density at radius 2 is 2.29 bits per heavy atom. The van der Waals surface area contributed by atoms with Crippen LogP contribution in [0.2, 0.25) is 0 Å². The molecular formula is C12H20N4O. The minimum absolute atomic E-state index is 0.0774. The van der Waals surface area contributed by atoms with Gasteiger partial charge in [-0.05, 0) is 18.1 Å². The second-order valence-electron chi connectivity index (χ2n) is 4.28. The fourth-order valence-electron chi connectivity index (χ4n) is 1.51. The molecule has 1 rings (SSSR count). The molecule has 1 aromatic heterocycles. The van der Waals surface area contributed by atoms with Crippen molar-refractivity contribution in [3.05, 3.63) is 23.9 Å². The highest BCUT2D eigenvalue weighted by Gasteiger charge is 2.07. The number of hydrogen-bond donors (Lipinski definition) is 2. The first kappa shape index (κ1) is 13.3. The van der Waals surface area contributed by atoms with Gasteiger partial charge in [0.15, 0.2) is 5.84 Å². The molecule has 0 aromatic carbocycles. The summed E-state index contributed by atoms with van der Waals surface area (Å²) < 4.78 is 0. The van der Waals surface area contributed by atoms with Gasteiger partial charge in [-0.3, -0.25) is 0 Å². The summed E-state index contributed by atoms with van der Waals surface area (Å²) in [6.45, 7) is 5.35. The van der Waals surface area contributed by atoms with Crippen LogP contribution in [-0.2, 0) is 0 Å². The third-order valence-electron chi connectivity index (χ3n) is 2.82. The number of nitrogens with two attached hydrogens (primary N) is 1. The van der Waals surface area contributed by atoms with Gasteiger partial charge in [-0.1, -0.05) is 25.4 Å². The average molecular weight is 236 g/mol. The standard InChI is InChI=1S/C12H20N4O/c1-4-9(2)8-16(3)11-6-5-10(7-14-11)12(13)15-17/h5-7,9,17H,4,8H2,1-3H3,(H2,13,15). The van der Waals surface area contributed by atoms with Crippen molar-refractivity contribution in [3.8, 4) is 0 Å². The number of nitrogens with zero attached hydrogens (tertiary/aromatic N) is 3. The van der Waals surface area contributed by atoms with Crippen LogP contribution in [0, 0.1) is 5.92 Å². The number of amidine groups is 1. The first-order valence-electron chi connectivity index (χ1n) is 5.73. The monoisotopic (exact) mass is 236 g/mol. The lowest BCUT2D eigenvalue weighted by Crippen LogP contribution is -2.24. The van der Waals surface area contributed by atoms with E-state index >= 15 is 0 Å². The lowest BCUT2D eigenvalue weighted by Gasteiger charge is -2.21. The largest absolute Gasteiger partial charge is 0.409 e. The number of oxime groups is 1. The summed E-state index contributed by atoms with van der Waals surface area (Å²) in [6.07, 6.45) is 2.75. The Balaban J connectivity index is 2.73. The summed E-state index contributed by atoms with van der Waals surface area (Å²) in [4.78, 5) is 6.39. The van der Waals surface area contributed by atoms with Gasteiger partial charge < -0.3 is 15.8 Å². The molecule has 5 heteroatoms. The second-order valence-corrected chi connectivity index (χ2v) is 4.28. The van der Waals surface area contributed by atoms with Crippen LogP contribution in [0.15, 0.2) is 23.5 Å². The van der Waals surface area contributed by atoms with Crippen LogP contribution in [0.3, 0.4) is 0 Å². The highest BCUT2D eigenvalue weighted by atomic mass is 16.4. The molecule has 0 amide bonds. The summed E-state index contributed by atoms with van der Waals surface area (Å²) in [5, 5.41) is 11.5. The van der Waals surface area contributed by atoms with E-state index in [0.717, 1.165) is 18.8 Å². The zero-order valence-corrected chi connectivity index (χ0v) is 10.6. The Labute approximate surface area is 102 Å². The van der Waals surface area contributed by atoms with Crippen LogP contribution in [0.4, 0.5) is 5.82 Å². The van der Waals surface area contributed by atoms with Gasteiger partial charge in [0, 0.05) is 25.4 Å². The van der Waals surface area contributed by atoms with Gasteiger partial charge in [0.2, 0.25) is 0 Å². The van der Waals surface area contributed by atoms with E-state index in [-0.39, 0.29) is 5.84 Å². The van der Waals surface area contributed by atoms with Crippen molar-refractivity contribution < 1.29 is 5.21 Å². The van der Waals surface area contributed by atoms with Crippen LogP contribution in [-0.4, -0.2) is 29.6 Å². The summed E-state index contributed by atoms with van der Waals surface area (Å²) in [5.74, 6) is 1.60. The second kappa shape index (κ2) is 6.08. The number of aromatic nitrogens is 1. The average Bonchev–Trinajstić information content (AvgIpc) is 2.37. The third-order valence-corrected chi connectivity index (χ3v) is 2.82. The molecule has 0 bridgehead atoms. The van der Waals surface area contributed by atoms with Gasteiger partial charge in [-0.15, -0.1) is 0 Å². The molecule has 0 spiro atoms. The maximum absolute atomic E-state index is 8.54. The number of anilines is 1. The van der Waals surface area contributed by atoms with Gasteiger partial charge in [-0.2, -0.15) is 0 Å². The van der Waals surface area contributed by atoms with Crippen LogP contribution < -0.4 is 10.6 Å². The van der Waals surface area contributed by atoms with Crippen molar-refractivity contribution in [1.82, 2.24) is 4.98 Å². The maximum Gasteiger partial charge on any atom is 0.171 e. The SMILES string of the molecule is CCC(C)CN(C)c1ccc(/C(N)=N/O)cn1. The van der Waals surface area contributed by atoms with Crippen molar-refractivity contribution in [2.45, 2.75) is 20.3 Å². The summed E-state index contributed by atoms with van der Waals surface area (Å²) in [7, 11) is 2.01. The van der Waals surface area contributed by atoms with Crippen LogP contribution in [0.5, 0.6) is 0 Å². The Morgan fingerprint density at radius 1 is 1.59 bits per heavy atom. The first-order valence-corrected chi connectivity index (χ1v) is 5.73. The molecule has 0 radical (unpaired) electrons. The predicted octanol–water partition coefficient (Wildman–Crippen LogP) is 1.66. The van der Waals surface area contributed by atoms with E-state index in [1.54, 1.807) is 12.3 Å². The Kier molecular flexibility index (Phi) is 4.75. The summed E-state index contributed by atoms with van der Waals surface area (Å²) in [6, 6.07) is 3.67. The van der Waals surface area contributed by atoms with E-state index in [9.17, 15) is 0 Å². The van der Waals surface area contributed by atoms with E-state index in [2.05, 4.69) is 28.9 Å². The van der Waals surface area contributed by atoms with E-state index in [0.29, 0.717) is 11.5 Å². The van der Waals surface area contributed by atoms with Crippen molar-refractivity contribution in [3.63, 3.8) is 0 Å². The van der Waals surface area contributed by atoms with Gasteiger partial charge in [0.25, 0.3) is 0 Å². The van der Waals surface area contributed by atoms with Gasteiger partial charge in [-0.25, -0.2) is 4.98 Å². The summed E-state index contributed by atoms with van der Waals surface area (Å²) >= 11 is 0. The number of rotatable bonds is 5. The van der Waals surface area contributed by atoms with E-state index in [1.165, 1.54) is 0 Å². The lowest BCUT2D eigenvalue weighted by molar-refractivity contribution is 0.318. The number of pyridine rings is 1. The Bertz CT molecular complexity index is 375. The molecule has 94 valence electrons. The Hall–Kier alpha value is -1.78. The quantitative estimate of drug-likeness (QED) is 0.353. The van der Waals surface area contributed by atoms with Crippen LogP contribution >= 0.6 is 0 Å². The topological polar surface area (TPSA) is 74.7 Å². The summed E-state index contributed by atoms with van der Waals surface area (Å²) in [5.41, 5.74) is 6.09. The first-order chi connectivity index (χ1) is 8.08. The van der Waals surface area contributed by atoms with Crippen molar-refractivity contribution in [2.75, 3.05) is 18.5 Å². The molecule has 0 saturated heterocycles. The zero-order valence-electron chi connectivity index (χ0n) is 10.6. The predicted molar refractivity (Wildman–Crippen MR) is 69.5 cm³/mol. The molecule has 1 atom stereocenters. The molecule has 0 aliphatic heterocycles. The highest BCUT2D eigenvalue weighted by molar-refractivity contribution is 5.96. The fourth-order valence-corrected chi connectivity index (χ4v) is 1.51. The Morgan fingerprint density at radius 3 is 2.76 bits per heavy atom.